The topological polar surface area (TPSA) is 15.3 Å². The van der Waals surface area contributed by atoms with Crippen molar-refractivity contribution in [3.8, 4) is 0 Å². The Labute approximate surface area is 71.3 Å². The molecule has 10 heavy (non-hydrogen) atoms. The Morgan fingerprint density at radius 3 is 2.50 bits per heavy atom. The van der Waals surface area contributed by atoms with Crippen molar-refractivity contribution >= 4 is 20.2 Å². The minimum absolute atomic E-state index is 1.07. The summed E-state index contributed by atoms with van der Waals surface area (Å²) in [4.78, 5) is 2.04. The molecule has 0 rings (SSSR count). The first-order valence-electron chi connectivity index (χ1n) is 3.63. The van der Waals surface area contributed by atoms with E-state index in [-0.39, 0.29) is 0 Å². The van der Waals surface area contributed by atoms with Gasteiger partial charge in [0.05, 0.1) is 0 Å². The Morgan fingerprint density at radius 2 is 2.10 bits per heavy atom. The summed E-state index contributed by atoms with van der Waals surface area (Å²) in [6, 6.07) is 0. The summed E-state index contributed by atoms with van der Waals surface area (Å²) in [5.74, 6) is 0. The van der Waals surface area contributed by atoms with E-state index in [0.29, 0.717) is 0 Å². The maximum atomic E-state index is 3.27. The zero-order valence-corrected chi connectivity index (χ0v) is 8.69. The zero-order valence-electron chi connectivity index (χ0n) is 6.98. The molecule has 0 radical (unpaired) electrons. The van der Waals surface area contributed by atoms with Crippen molar-refractivity contribution in [3.05, 3.63) is 0 Å². The minimum atomic E-state index is 1.07. The average molecular weight is 207 g/mol. The summed E-state index contributed by atoms with van der Waals surface area (Å²) < 4.78 is 1.12. The van der Waals surface area contributed by atoms with Crippen LogP contribution >= 0.6 is 0 Å². The van der Waals surface area contributed by atoms with Crippen LogP contribution in [0.1, 0.15) is 19.8 Å². The number of unbranched alkanes of at least 4 members (excludes halogenated alkanes) is 1. The Balaban J connectivity index is 3.22. The molecule has 0 aliphatic heterocycles. The molecule has 0 spiro atoms. The third kappa shape index (κ3) is 4.83. The SMILES string of the molecule is CCCCNC(=[Se])N(C)C. The molecule has 0 saturated heterocycles. The zero-order chi connectivity index (χ0) is 7.98. The predicted octanol–water partition coefficient (Wildman–Crippen LogP) is 0.194. The van der Waals surface area contributed by atoms with E-state index >= 15 is 0 Å². The van der Waals surface area contributed by atoms with Gasteiger partial charge in [0.1, 0.15) is 0 Å². The third-order valence-corrected chi connectivity index (χ3v) is 2.28. The van der Waals surface area contributed by atoms with Crippen LogP contribution in [0.4, 0.5) is 0 Å². The normalized spacial score (nSPS) is 9.10. The van der Waals surface area contributed by atoms with Crippen molar-refractivity contribution in [2.75, 3.05) is 20.6 Å². The molecule has 0 saturated carbocycles. The van der Waals surface area contributed by atoms with Gasteiger partial charge in [-0.05, 0) is 0 Å². The van der Waals surface area contributed by atoms with Gasteiger partial charge in [-0.25, -0.2) is 0 Å². The fourth-order valence-corrected chi connectivity index (χ4v) is 0.744. The Hall–Kier alpha value is -0.0105. The standard InChI is InChI=1S/C7H16N2Se/c1-4-5-6-8-7(10)9(2)3/h4-6H2,1-3H3,(H,8,10). The summed E-state index contributed by atoms with van der Waals surface area (Å²) in [7, 11) is 4.04. The van der Waals surface area contributed by atoms with Gasteiger partial charge in [-0.2, -0.15) is 0 Å². The van der Waals surface area contributed by atoms with Crippen molar-refractivity contribution in [2.24, 2.45) is 0 Å². The Kier molecular flexibility index (Phi) is 5.74. The van der Waals surface area contributed by atoms with Crippen LogP contribution in [0.5, 0.6) is 0 Å². The molecule has 0 aliphatic carbocycles. The van der Waals surface area contributed by atoms with Gasteiger partial charge in [0.15, 0.2) is 0 Å². The van der Waals surface area contributed by atoms with Crippen LogP contribution in [0, 0.1) is 0 Å². The van der Waals surface area contributed by atoms with Crippen molar-refractivity contribution in [1.29, 1.82) is 0 Å². The van der Waals surface area contributed by atoms with Gasteiger partial charge in [0.2, 0.25) is 0 Å². The third-order valence-electron chi connectivity index (χ3n) is 1.21. The Bertz CT molecular complexity index is 102. The van der Waals surface area contributed by atoms with E-state index in [1.165, 1.54) is 12.8 Å². The molecule has 0 aliphatic rings. The van der Waals surface area contributed by atoms with Crippen LogP contribution in [0.25, 0.3) is 0 Å². The summed E-state index contributed by atoms with van der Waals surface area (Å²) in [6.45, 7) is 3.26. The van der Waals surface area contributed by atoms with E-state index in [0.717, 1.165) is 11.2 Å². The first-order valence-corrected chi connectivity index (χ1v) is 4.49. The molecule has 0 fully saturated rings. The molecule has 0 amide bonds. The van der Waals surface area contributed by atoms with Crippen molar-refractivity contribution in [1.82, 2.24) is 10.2 Å². The van der Waals surface area contributed by atoms with Gasteiger partial charge >= 0.3 is 70.9 Å². The molecule has 3 heteroatoms. The summed E-state index contributed by atoms with van der Waals surface area (Å²) in [5.41, 5.74) is 0. The van der Waals surface area contributed by atoms with Crippen molar-refractivity contribution in [3.63, 3.8) is 0 Å². The summed E-state index contributed by atoms with van der Waals surface area (Å²) in [6.07, 6.45) is 2.48. The first-order chi connectivity index (χ1) is 4.68. The van der Waals surface area contributed by atoms with Crippen LogP contribution in [-0.2, 0) is 0 Å². The van der Waals surface area contributed by atoms with Crippen LogP contribution in [0.15, 0.2) is 0 Å². The molecule has 0 atom stereocenters. The molecule has 60 valence electrons. The number of hydrogen-bond donors (Lipinski definition) is 1. The predicted molar refractivity (Wildman–Crippen MR) is 47.4 cm³/mol. The molecule has 2 nitrogen and oxygen atoms in total. The maximum absolute atomic E-state index is 3.27. The molecular formula is C7H16N2Se. The van der Waals surface area contributed by atoms with E-state index in [1.54, 1.807) is 0 Å². The average Bonchev–Trinajstić information content (AvgIpc) is 1.88. The second kappa shape index (κ2) is 5.75. The number of rotatable bonds is 5. The monoisotopic (exact) mass is 208 g/mol. The van der Waals surface area contributed by atoms with E-state index in [4.69, 9.17) is 0 Å². The van der Waals surface area contributed by atoms with Gasteiger partial charge in [-0.15, -0.1) is 0 Å². The van der Waals surface area contributed by atoms with Gasteiger partial charge in [-0.1, -0.05) is 0 Å². The molecule has 1 N–H and O–H groups in total. The fraction of sp³-hybridized carbons (Fsp3) is 0.857. The van der Waals surface area contributed by atoms with Crippen LogP contribution in [-0.4, -0.2) is 45.8 Å². The number of nitrogens with one attached hydrogen (secondary N) is 1. The second-order valence-corrected chi connectivity index (χ2v) is 3.29. The van der Waals surface area contributed by atoms with Gasteiger partial charge in [-0.3, -0.25) is 0 Å². The van der Waals surface area contributed by atoms with Crippen molar-refractivity contribution in [2.45, 2.75) is 19.8 Å². The second-order valence-electron chi connectivity index (χ2n) is 2.48. The quantitative estimate of drug-likeness (QED) is 0.511. The van der Waals surface area contributed by atoms with E-state index in [2.05, 4.69) is 27.8 Å². The molecule has 0 aromatic carbocycles. The van der Waals surface area contributed by atoms with Gasteiger partial charge in [0.25, 0.3) is 0 Å². The fourth-order valence-electron chi connectivity index (χ4n) is 0.530. The number of nitrogens with zero attached hydrogens (tertiary/aromatic N) is 1. The van der Waals surface area contributed by atoms with E-state index in [9.17, 15) is 0 Å². The molecule has 0 aromatic heterocycles. The molecular weight excluding hydrogens is 191 g/mol. The number of hydrogen-bond acceptors (Lipinski definition) is 2. The Morgan fingerprint density at radius 1 is 1.50 bits per heavy atom. The molecule has 0 unspecified atom stereocenters. The van der Waals surface area contributed by atoms with Gasteiger partial charge < -0.3 is 0 Å². The van der Waals surface area contributed by atoms with Crippen LogP contribution in [0.3, 0.4) is 0 Å². The van der Waals surface area contributed by atoms with Gasteiger partial charge in [0, 0.05) is 0 Å². The first kappa shape index (κ1) is 9.99. The summed E-state index contributed by atoms with van der Waals surface area (Å²) in [5, 5.41) is 3.27. The van der Waals surface area contributed by atoms with E-state index < -0.39 is 0 Å². The van der Waals surface area contributed by atoms with E-state index in [1.807, 2.05) is 19.0 Å². The molecule has 0 heterocycles. The molecule has 0 bridgehead atoms. The van der Waals surface area contributed by atoms with Crippen molar-refractivity contribution < 1.29 is 0 Å². The molecule has 0 aromatic rings. The summed E-state index contributed by atoms with van der Waals surface area (Å²) >= 11 is 2.97. The van der Waals surface area contributed by atoms with Crippen LogP contribution < -0.4 is 5.32 Å². The van der Waals surface area contributed by atoms with Crippen LogP contribution in [0.2, 0.25) is 0 Å².